The third-order valence-electron chi connectivity index (χ3n) is 1.43. The Balaban J connectivity index is 0.000000167. The van der Waals surface area contributed by atoms with Gasteiger partial charge in [-0.05, 0) is 12.1 Å². The molecule has 0 radical (unpaired) electrons. The molecule has 0 bridgehead atoms. The molecule has 15 heavy (non-hydrogen) atoms. The highest BCUT2D eigenvalue weighted by Crippen LogP contribution is 2.15. The molecule has 0 fully saturated rings. The quantitative estimate of drug-likeness (QED) is 0.635. The van der Waals surface area contributed by atoms with Crippen LogP contribution in [0.5, 0.6) is 0 Å². The summed E-state index contributed by atoms with van der Waals surface area (Å²) in [4.78, 5) is 4.14. The van der Waals surface area contributed by atoms with Crippen LogP contribution in [0.15, 0.2) is 29.8 Å². The number of fused-ring (bicyclic) bond motifs is 1. The highest BCUT2D eigenvalue weighted by atomic mass is 35.7. The molecule has 82 valence electrons. The minimum Gasteiger partial charge on any atom is -0.245 e. The summed E-state index contributed by atoms with van der Waals surface area (Å²) in [5.41, 5.74) is 2.97. The van der Waals surface area contributed by atoms with Crippen molar-refractivity contribution < 1.29 is 28.5 Å². The lowest BCUT2D eigenvalue weighted by molar-refractivity contribution is -1.92. The van der Waals surface area contributed by atoms with Gasteiger partial charge in [0.05, 0.1) is 30.3 Å². The first-order chi connectivity index (χ1) is 7.03. The molecule has 1 heterocycles. The van der Waals surface area contributed by atoms with Crippen LogP contribution in [0.25, 0.3) is 10.2 Å². The van der Waals surface area contributed by atoms with E-state index in [0.717, 1.165) is 12.6 Å². The Morgan fingerprint density at radius 1 is 1.27 bits per heavy atom. The van der Waals surface area contributed by atoms with Gasteiger partial charge in [0, 0.05) is 0 Å². The molecule has 0 aliphatic heterocycles. The Kier molecular flexibility index (Phi) is 4.40. The SMILES string of the molecule is CO[Cl+3]([O-])([O-])[O-].c1ccc2scnc2c1. The topological polar surface area (TPSA) is 91.3 Å². The smallest absolute Gasteiger partial charge is 0.193 e. The van der Waals surface area contributed by atoms with Crippen molar-refractivity contribution in [3.8, 4) is 0 Å². The summed E-state index contributed by atoms with van der Waals surface area (Å²) in [6, 6.07) is 8.13. The van der Waals surface area contributed by atoms with E-state index in [1.165, 1.54) is 4.70 Å². The molecule has 1 aromatic heterocycles. The van der Waals surface area contributed by atoms with E-state index in [2.05, 4.69) is 15.3 Å². The van der Waals surface area contributed by atoms with Gasteiger partial charge in [-0.3, -0.25) is 0 Å². The molecular formula is C8H8ClNO4S. The standard InChI is InChI=1S/C7H5NS.CH3ClO4/c1-2-4-7-6(3-1)8-5-9-7;1-6-2(3,4)5/h1-5H;1H3. The van der Waals surface area contributed by atoms with Crippen molar-refractivity contribution in [1.82, 2.24) is 4.98 Å². The largest absolute Gasteiger partial charge is 0.245 e. The summed E-state index contributed by atoms with van der Waals surface area (Å²) in [6.45, 7) is 0. The molecule has 0 amide bonds. The zero-order chi connectivity index (χ0) is 11.3. The molecule has 7 heteroatoms. The van der Waals surface area contributed by atoms with Crippen LogP contribution in [0.1, 0.15) is 0 Å². The molecule has 0 saturated heterocycles. The van der Waals surface area contributed by atoms with Gasteiger partial charge in [0.25, 0.3) is 0 Å². The van der Waals surface area contributed by atoms with Crippen molar-refractivity contribution in [1.29, 1.82) is 0 Å². The van der Waals surface area contributed by atoms with Gasteiger partial charge in [0.2, 0.25) is 0 Å². The van der Waals surface area contributed by atoms with Gasteiger partial charge in [-0.25, -0.2) is 4.98 Å². The number of halogens is 1. The van der Waals surface area contributed by atoms with Gasteiger partial charge in [-0.1, -0.05) is 12.1 Å². The zero-order valence-electron chi connectivity index (χ0n) is 7.75. The second-order valence-electron chi connectivity index (χ2n) is 2.35. The summed E-state index contributed by atoms with van der Waals surface area (Å²) in [6.07, 6.45) is 0. The van der Waals surface area contributed by atoms with Crippen LogP contribution in [-0.2, 0) is 4.29 Å². The lowest BCUT2D eigenvalue weighted by Crippen LogP contribution is -2.60. The number of nitrogens with zero attached hydrogens (tertiary/aromatic N) is 1. The molecule has 0 N–H and O–H groups in total. The van der Waals surface area contributed by atoms with E-state index in [0.29, 0.717) is 0 Å². The molecule has 0 aliphatic carbocycles. The van der Waals surface area contributed by atoms with Crippen LogP contribution in [0.3, 0.4) is 0 Å². The van der Waals surface area contributed by atoms with Crippen LogP contribution >= 0.6 is 11.3 Å². The minimum absolute atomic E-state index is 0.796. The molecule has 1 aromatic carbocycles. The van der Waals surface area contributed by atoms with Crippen LogP contribution in [0, 0.1) is 10.2 Å². The van der Waals surface area contributed by atoms with Gasteiger partial charge >= 0.3 is 0 Å². The number of aromatic nitrogens is 1. The Labute approximate surface area is 92.3 Å². The maximum Gasteiger partial charge on any atom is 0.193 e. The summed E-state index contributed by atoms with van der Waals surface area (Å²) in [5.74, 6) is 0. The highest BCUT2D eigenvalue weighted by Gasteiger charge is 2.08. The monoisotopic (exact) mass is 249 g/mol. The number of thiazole rings is 1. The van der Waals surface area contributed by atoms with E-state index < -0.39 is 10.2 Å². The van der Waals surface area contributed by atoms with E-state index in [9.17, 15) is 14.0 Å². The molecule has 0 aliphatic rings. The maximum absolute atomic E-state index is 9.19. The average molecular weight is 250 g/mol. The molecule has 5 nitrogen and oxygen atoms in total. The van der Waals surface area contributed by atoms with Crippen molar-refractivity contribution >= 4 is 21.6 Å². The van der Waals surface area contributed by atoms with Crippen molar-refractivity contribution in [2.24, 2.45) is 0 Å². The molecular weight excluding hydrogens is 242 g/mol. The van der Waals surface area contributed by atoms with Gasteiger partial charge in [-0.2, -0.15) is 14.0 Å². The Hall–Kier alpha value is -0.760. The number of rotatable bonds is 1. The average Bonchev–Trinajstić information content (AvgIpc) is 2.65. The first-order valence-corrected chi connectivity index (χ1v) is 5.89. The van der Waals surface area contributed by atoms with Crippen LogP contribution < -0.4 is 14.0 Å². The van der Waals surface area contributed by atoms with E-state index in [4.69, 9.17) is 0 Å². The van der Waals surface area contributed by atoms with Gasteiger partial charge in [-0.15, -0.1) is 11.3 Å². The third-order valence-corrected chi connectivity index (χ3v) is 2.61. The van der Waals surface area contributed by atoms with Crippen LogP contribution in [0.2, 0.25) is 0 Å². The van der Waals surface area contributed by atoms with Crippen LogP contribution in [-0.4, -0.2) is 12.1 Å². The van der Waals surface area contributed by atoms with E-state index in [-0.39, 0.29) is 0 Å². The Morgan fingerprint density at radius 3 is 2.40 bits per heavy atom. The first-order valence-electron chi connectivity index (χ1n) is 3.77. The van der Waals surface area contributed by atoms with Crippen molar-refractivity contribution in [2.75, 3.05) is 7.11 Å². The minimum atomic E-state index is -4.18. The molecule has 2 rings (SSSR count). The van der Waals surface area contributed by atoms with Crippen molar-refractivity contribution in [3.63, 3.8) is 0 Å². The zero-order valence-corrected chi connectivity index (χ0v) is 9.33. The summed E-state index contributed by atoms with van der Waals surface area (Å²) in [5, 5.41) is 0. The first kappa shape index (κ1) is 12.3. The van der Waals surface area contributed by atoms with Gasteiger partial charge in [0.15, 0.2) is 7.11 Å². The van der Waals surface area contributed by atoms with Crippen LogP contribution in [0.4, 0.5) is 0 Å². The van der Waals surface area contributed by atoms with Crippen molar-refractivity contribution in [3.05, 3.63) is 29.8 Å². The fraction of sp³-hybridized carbons (Fsp3) is 0.125. The summed E-state index contributed by atoms with van der Waals surface area (Å²) < 4.78 is 32.2. The molecule has 2 aromatic rings. The predicted molar refractivity (Wildman–Crippen MR) is 46.6 cm³/mol. The number of hydrogen-bond acceptors (Lipinski definition) is 6. The third kappa shape index (κ3) is 4.52. The van der Waals surface area contributed by atoms with E-state index in [1.54, 1.807) is 11.3 Å². The van der Waals surface area contributed by atoms with Crippen molar-refractivity contribution in [2.45, 2.75) is 0 Å². The van der Waals surface area contributed by atoms with E-state index >= 15 is 0 Å². The fourth-order valence-corrected chi connectivity index (χ4v) is 1.48. The Bertz CT molecular complexity index is 384. The summed E-state index contributed by atoms with van der Waals surface area (Å²) >= 11 is 1.68. The second kappa shape index (κ2) is 5.36. The molecule has 0 spiro atoms. The summed E-state index contributed by atoms with van der Waals surface area (Å²) in [7, 11) is -3.38. The van der Waals surface area contributed by atoms with Gasteiger partial charge < -0.3 is 0 Å². The Morgan fingerprint density at radius 2 is 1.87 bits per heavy atom. The molecule has 0 unspecified atom stereocenters. The number of hydrogen-bond donors (Lipinski definition) is 0. The predicted octanol–water partition coefficient (Wildman–Crippen LogP) is -1.17. The lowest BCUT2D eigenvalue weighted by atomic mass is 10.3. The van der Waals surface area contributed by atoms with Gasteiger partial charge in [0.1, 0.15) is 0 Å². The second-order valence-corrected chi connectivity index (χ2v) is 4.30. The fourth-order valence-electron chi connectivity index (χ4n) is 0.803. The molecule has 0 saturated carbocycles. The maximum atomic E-state index is 9.19. The number of para-hydroxylation sites is 1. The lowest BCUT2D eigenvalue weighted by Gasteiger charge is -2.08. The molecule has 0 atom stereocenters. The highest BCUT2D eigenvalue weighted by molar-refractivity contribution is 7.16. The normalized spacial score (nSPS) is 10.9. The van der Waals surface area contributed by atoms with E-state index in [1.807, 2.05) is 23.7 Å². The number of benzene rings is 1.